The first-order chi connectivity index (χ1) is 16.3. The Morgan fingerprint density at radius 2 is 0.939 bits per heavy atom. The molecule has 6 rings (SSSR count). The molecule has 0 N–H and O–H groups in total. The molecule has 1 aliphatic carbocycles. The lowest BCUT2D eigenvalue weighted by molar-refractivity contribution is 0.685. The van der Waals surface area contributed by atoms with Crippen molar-refractivity contribution in [2.24, 2.45) is 0 Å². The lowest BCUT2D eigenvalue weighted by Gasteiger charge is -2.36. The SMILES string of the molecule is Clc1cccc(-c2cccc(C3c4ccccc4-c4ccccc4C3c3ccccc3)c2)c1. The number of hydrogen-bond acceptors (Lipinski definition) is 0. The molecule has 0 aromatic heterocycles. The van der Waals surface area contributed by atoms with Crippen LogP contribution in [-0.2, 0) is 0 Å². The van der Waals surface area contributed by atoms with Crippen LogP contribution >= 0.6 is 11.6 Å². The molecule has 33 heavy (non-hydrogen) atoms. The normalized spacial score (nSPS) is 16.6. The first-order valence-electron chi connectivity index (χ1n) is 11.4. The summed E-state index contributed by atoms with van der Waals surface area (Å²) in [6.45, 7) is 0. The van der Waals surface area contributed by atoms with Gasteiger partial charge in [0.1, 0.15) is 0 Å². The van der Waals surface area contributed by atoms with E-state index >= 15 is 0 Å². The molecule has 0 saturated carbocycles. The van der Waals surface area contributed by atoms with Gasteiger partial charge in [0, 0.05) is 16.9 Å². The summed E-state index contributed by atoms with van der Waals surface area (Å²) in [5.74, 6) is 0.463. The Morgan fingerprint density at radius 3 is 1.61 bits per heavy atom. The summed E-state index contributed by atoms with van der Waals surface area (Å²) in [5.41, 5.74) is 10.4. The van der Waals surface area contributed by atoms with Gasteiger partial charge in [-0.2, -0.15) is 0 Å². The predicted octanol–water partition coefficient (Wildman–Crippen LogP) is 8.95. The van der Waals surface area contributed by atoms with Crippen LogP contribution in [0.15, 0.2) is 127 Å². The van der Waals surface area contributed by atoms with Gasteiger partial charge in [0.2, 0.25) is 0 Å². The van der Waals surface area contributed by atoms with Gasteiger partial charge in [-0.25, -0.2) is 0 Å². The Morgan fingerprint density at radius 1 is 0.424 bits per heavy atom. The third-order valence-electron chi connectivity index (χ3n) is 6.78. The number of halogens is 1. The molecule has 0 saturated heterocycles. The fourth-order valence-corrected chi connectivity index (χ4v) is 5.56. The van der Waals surface area contributed by atoms with Gasteiger partial charge >= 0.3 is 0 Å². The van der Waals surface area contributed by atoms with Crippen molar-refractivity contribution in [1.29, 1.82) is 0 Å². The van der Waals surface area contributed by atoms with E-state index < -0.39 is 0 Å². The van der Waals surface area contributed by atoms with Crippen LogP contribution in [0.5, 0.6) is 0 Å². The van der Waals surface area contributed by atoms with Crippen LogP contribution in [0.1, 0.15) is 34.1 Å². The van der Waals surface area contributed by atoms with E-state index in [1.165, 1.54) is 38.9 Å². The third kappa shape index (κ3) is 3.57. The second kappa shape index (κ2) is 8.39. The van der Waals surface area contributed by atoms with Gasteiger partial charge in [0.15, 0.2) is 0 Å². The van der Waals surface area contributed by atoms with Crippen molar-refractivity contribution in [1.82, 2.24) is 0 Å². The van der Waals surface area contributed by atoms with Gasteiger partial charge in [0.25, 0.3) is 0 Å². The molecule has 158 valence electrons. The first kappa shape index (κ1) is 20.0. The van der Waals surface area contributed by atoms with Gasteiger partial charge in [-0.15, -0.1) is 0 Å². The summed E-state index contributed by atoms with van der Waals surface area (Å²) in [7, 11) is 0. The molecule has 0 heterocycles. The minimum atomic E-state index is 0.220. The molecular formula is C32H23Cl. The Kier molecular flexibility index (Phi) is 5.09. The average molecular weight is 443 g/mol. The van der Waals surface area contributed by atoms with E-state index in [2.05, 4.69) is 109 Å². The third-order valence-corrected chi connectivity index (χ3v) is 7.01. The largest absolute Gasteiger partial charge is 0.0843 e. The van der Waals surface area contributed by atoms with Crippen LogP contribution < -0.4 is 0 Å². The zero-order valence-electron chi connectivity index (χ0n) is 18.2. The quantitative estimate of drug-likeness (QED) is 0.261. The van der Waals surface area contributed by atoms with Gasteiger partial charge in [-0.05, 0) is 56.6 Å². The van der Waals surface area contributed by atoms with E-state index in [9.17, 15) is 0 Å². The molecule has 1 aliphatic rings. The summed E-state index contributed by atoms with van der Waals surface area (Å²) < 4.78 is 0. The van der Waals surface area contributed by atoms with Gasteiger partial charge in [-0.1, -0.05) is 127 Å². The highest BCUT2D eigenvalue weighted by atomic mass is 35.5. The van der Waals surface area contributed by atoms with Crippen LogP contribution in [0, 0.1) is 0 Å². The summed E-state index contributed by atoms with van der Waals surface area (Å²) >= 11 is 6.31. The van der Waals surface area contributed by atoms with Crippen molar-refractivity contribution in [3.63, 3.8) is 0 Å². The van der Waals surface area contributed by atoms with Crippen LogP contribution in [0.2, 0.25) is 5.02 Å². The van der Waals surface area contributed by atoms with Crippen LogP contribution in [0.25, 0.3) is 22.3 Å². The van der Waals surface area contributed by atoms with Gasteiger partial charge < -0.3 is 0 Å². The summed E-state index contributed by atoms with van der Waals surface area (Å²) in [6, 6.07) is 45.8. The predicted molar refractivity (Wildman–Crippen MR) is 139 cm³/mol. The zero-order valence-corrected chi connectivity index (χ0v) is 18.9. The molecule has 0 aliphatic heterocycles. The van der Waals surface area contributed by atoms with Crippen LogP contribution in [0.3, 0.4) is 0 Å². The fourth-order valence-electron chi connectivity index (χ4n) is 5.37. The zero-order chi connectivity index (χ0) is 22.2. The van der Waals surface area contributed by atoms with Crippen molar-refractivity contribution in [3.05, 3.63) is 155 Å². The van der Waals surface area contributed by atoms with Gasteiger partial charge in [0.05, 0.1) is 0 Å². The van der Waals surface area contributed by atoms with Crippen molar-refractivity contribution >= 4 is 11.6 Å². The highest BCUT2D eigenvalue weighted by Gasteiger charge is 2.35. The molecule has 0 nitrogen and oxygen atoms in total. The molecule has 2 unspecified atom stereocenters. The number of fused-ring (bicyclic) bond motifs is 3. The van der Waals surface area contributed by atoms with Crippen molar-refractivity contribution < 1.29 is 0 Å². The van der Waals surface area contributed by atoms with Crippen LogP contribution in [0.4, 0.5) is 0 Å². The topological polar surface area (TPSA) is 0 Å². The van der Waals surface area contributed by atoms with Crippen LogP contribution in [-0.4, -0.2) is 0 Å². The highest BCUT2D eigenvalue weighted by molar-refractivity contribution is 6.30. The maximum atomic E-state index is 6.31. The maximum absolute atomic E-state index is 6.31. The summed E-state index contributed by atoms with van der Waals surface area (Å²) in [4.78, 5) is 0. The average Bonchev–Trinajstić information content (AvgIpc) is 2.88. The van der Waals surface area contributed by atoms with E-state index in [0.29, 0.717) is 0 Å². The smallest absolute Gasteiger partial charge is 0.0412 e. The van der Waals surface area contributed by atoms with E-state index in [1.54, 1.807) is 0 Å². The fraction of sp³-hybridized carbons (Fsp3) is 0.0625. The molecule has 0 radical (unpaired) electrons. The standard InChI is InChI=1S/C32H23Cl/c33-26-15-9-13-24(21-26)23-12-8-14-25(20-23)32-30-19-7-5-17-28(30)27-16-4-6-18-29(27)31(32)22-10-2-1-3-11-22/h1-21,31-32H. The van der Waals surface area contributed by atoms with E-state index in [0.717, 1.165) is 10.6 Å². The molecule has 5 aromatic rings. The molecule has 5 aromatic carbocycles. The molecule has 0 spiro atoms. The molecule has 0 bridgehead atoms. The Hall–Kier alpha value is -3.61. The number of rotatable bonds is 3. The minimum Gasteiger partial charge on any atom is -0.0843 e. The number of benzene rings is 5. The Bertz CT molecular complexity index is 1430. The van der Waals surface area contributed by atoms with E-state index in [4.69, 9.17) is 11.6 Å². The minimum absolute atomic E-state index is 0.220. The van der Waals surface area contributed by atoms with Crippen molar-refractivity contribution in [2.75, 3.05) is 0 Å². The Labute approximate surface area is 200 Å². The Balaban J connectivity index is 1.59. The second-order valence-corrected chi connectivity index (χ2v) is 9.11. The molecule has 2 atom stereocenters. The molecule has 1 heteroatoms. The monoisotopic (exact) mass is 442 g/mol. The van der Waals surface area contributed by atoms with E-state index in [1.807, 2.05) is 18.2 Å². The van der Waals surface area contributed by atoms with Gasteiger partial charge in [-0.3, -0.25) is 0 Å². The highest BCUT2D eigenvalue weighted by Crippen LogP contribution is 2.52. The number of hydrogen-bond donors (Lipinski definition) is 0. The summed E-state index contributed by atoms with van der Waals surface area (Å²) in [6.07, 6.45) is 0. The molecule has 0 fully saturated rings. The first-order valence-corrected chi connectivity index (χ1v) is 11.8. The second-order valence-electron chi connectivity index (χ2n) is 8.68. The molecule has 0 amide bonds. The lowest BCUT2D eigenvalue weighted by atomic mass is 9.66. The summed E-state index contributed by atoms with van der Waals surface area (Å²) in [5, 5.41) is 0.761. The molecular weight excluding hydrogens is 420 g/mol. The van der Waals surface area contributed by atoms with Crippen molar-refractivity contribution in [2.45, 2.75) is 11.8 Å². The lowest BCUT2D eigenvalue weighted by Crippen LogP contribution is -2.20. The van der Waals surface area contributed by atoms with E-state index in [-0.39, 0.29) is 11.8 Å². The van der Waals surface area contributed by atoms with Crippen molar-refractivity contribution in [3.8, 4) is 22.3 Å². The maximum Gasteiger partial charge on any atom is 0.0412 e.